The average molecular weight is 341 g/mol. The summed E-state index contributed by atoms with van der Waals surface area (Å²) in [5, 5.41) is 0. The molecule has 2 heterocycles. The summed E-state index contributed by atoms with van der Waals surface area (Å²) in [6.07, 6.45) is 7.81. The lowest BCUT2D eigenvalue weighted by molar-refractivity contribution is -0.134. The van der Waals surface area contributed by atoms with Crippen LogP contribution in [0.2, 0.25) is 0 Å². The van der Waals surface area contributed by atoms with Crippen LogP contribution >= 0.6 is 0 Å². The van der Waals surface area contributed by atoms with E-state index in [1.165, 1.54) is 12.1 Å². The average Bonchev–Trinajstić information content (AvgIpc) is 3.29. The van der Waals surface area contributed by atoms with E-state index in [1.807, 2.05) is 29.4 Å². The SMILES string of the molecule is CCc1nccn1[C@@H]1CCCN(C(=O)[C@H]2C[C@H]2c2ccc(F)cc2)C1. The van der Waals surface area contributed by atoms with Crippen molar-refractivity contribution in [2.24, 2.45) is 5.92 Å². The fraction of sp³-hybridized carbons (Fsp3) is 0.500. The lowest BCUT2D eigenvalue weighted by Gasteiger charge is -2.34. The zero-order valence-electron chi connectivity index (χ0n) is 14.6. The Bertz CT molecular complexity index is 755. The Hall–Kier alpha value is -2.17. The van der Waals surface area contributed by atoms with E-state index in [9.17, 15) is 9.18 Å². The van der Waals surface area contributed by atoms with Gasteiger partial charge in [-0.1, -0.05) is 19.1 Å². The lowest BCUT2D eigenvalue weighted by Crippen LogP contribution is -2.41. The number of carbonyl (C=O) groups excluding carboxylic acids is 1. The molecule has 4 nitrogen and oxygen atoms in total. The summed E-state index contributed by atoms with van der Waals surface area (Å²) < 4.78 is 15.3. The van der Waals surface area contributed by atoms with Crippen LogP contribution in [0.5, 0.6) is 0 Å². The van der Waals surface area contributed by atoms with Gasteiger partial charge in [0.2, 0.25) is 5.91 Å². The molecule has 0 bridgehead atoms. The quantitative estimate of drug-likeness (QED) is 0.853. The Labute approximate surface area is 147 Å². The Morgan fingerprint density at radius 1 is 1.32 bits per heavy atom. The molecule has 1 aliphatic heterocycles. The number of piperidine rings is 1. The number of hydrogen-bond acceptors (Lipinski definition) is 2. The molecule has 1 aromatic carbocycles. The highest BCUT2D eigenvalue weighted by Crippen LogP contribution is 2.48. The van der Waals surface area contributed by atoms with E-state index in [0.29, 0.717) is 6.04 Å². The summed E-state index contributed by atoms with van der Waals surface area (Å²) in [6.45, 7) is 3.73. The first-order valence-corrected chi connectivity index (χ1v) is 9.23. The Morgan fingerprint density at radius 3 is 2.88 bits per heavy atom. The van der Waals surface area contributed by atoms with E-state index in [0.717, 1.165) is 50.2 Å². The van der Waals surface area contributed by atoms with E-state index >= 15 is 0 Å². The van der Waals surface area contributed by atoms with Gasteiger partial charge in [-0.05, 0) is 42.9 Å². The van der Waals surface area contributed by atoms with Gasteiger partial charge in [-0.15, -0.1) is 0 Å². The maximum absolute atomic E-state index is 13.1. The number of benzene rings is 1. The van der Waals surface area contributed by atoms with Crippen LogP contribution in [0.15, 0.2) is 36.7 Å². The van der Waals surface area contributed by atoms with E-state index in [1.54, 1.807) is 0 Å². The van der Waals surface area contributed by atoms with Gasteiger partial charge >= 0.3 is 0 Å². The fourth-order valence-corrected chi connectivity index (χ4v) is 4.11. The molecule has 0 unspecified atom stereocenters. The van der Waals surface area contributed by atoms with Crippen LogP contribution < -0.4 is 0 Å². The number of carbonyl (C=O) groups is 1. The summed E-state index contributed by atoms with van der Waals surface area (Å²) in [5.41, 5.74) is 1.08. The summed E-state index contributed by atoms with van der Waals surface area (Å²) >= 11 is 0. The van der Waals surface area contributed by atoms with Crippen LogP contribution in [0.25, 0.3) is 0 Å². The van der Waals surface area contributed by atoms with Gasteiger partial charge in [-0.2, -0.15) is 0 Å². The Morgan fingerprint density at radius 2 is 2.12 bits per heavy atom. The monoisotopic (exact) mass is 341 g/mol. The minimum atomic E-state index is -0.224. The summed E-state index contributed by atoms with van der Waals surface area (Å²) in [6, 6.07) is 6.92. The smallest absolute Gasteiger partial charge is 0.226 e. The molecule has 5 heteroatoms. The number of aryl methyl sites for hydroxylation is 1. The van der Waals surface area contributed by atoms with Crippen LogP contribution in [-0.2, 0) is 11.2 Å². The highest BCUT2D eigenvalue weighted by Gasteiger charge is 2.46. The number of halogens is 1. The minimum Gasteiger partial charge on any atom is -0.340 e. The van der Waals surface area contributed by atoms with E-state index in [4.69, 9.17) is 0 Å². The molecule has 1 aromatic heterocycles. The Balaban J connectivity index is 1.42. The fourth-order valence-electron chi connectivity index (χ4n) is 4.11. The van der Waals surface area contributed by atoms with Crippen molar-refractivity contribution in [3.63, 3.8) is 0 Å². The maximum Gasteiger partial charge on any atom is 0.226 e. The molecular formula is C20H24FN3O. The van der Waals surface area contributed by atoms with Crippen molar-refractivity contribution in [3.05, 3.63) is 53.9 Å². The second-order valence-corrected chi connectivity index (χ2v) is 7.18. The second-order valence-electron chi connectivity index (χ2n) is 7.18. The Kier molecular flexibility index (Phi) is 4.32. The largest absolute Gasteiger partial charge is 0.340 e. The van der Waals surface area contributed by atoms with Crippen LogP contribution in [0, 0.1) is 11.7 Å². The number of aromatic nitrogens is 2. The number of rotatable bonds is 4. The second kappa shape index (κ2) is 6.62. The molecule has 2 aliphatic rings. The highest BCUT2D eigenvalue weighted by atomic mass is 19.1. The first-order valence-electron chi connectivity index (χ1n) is 9.23. The number of imidazole rings is 1. The lowest BCUT2D eigenvalue weighted by atomic mass is 10.0. The number of amides is 1. The van der Waals surface area contributed by atoms with Gasteiger partial charge in [0.1, 0.15) is 11.6 Å². The normalized spacial score (nSPS) is 25.8. The van der Waals surface area contributed by atoms with Crippen molar-refractivity contribution < 1.29 is 9.18 Å². The zero-order valence-corrected chi connectivity index (χ0v) is 14.6. The number of likely N-dealkylation sites (tertiary alicyclic amines) is 1. The topological polar surface area (TPSA) is 38.1 Å². The molecule has 3 atom stereocenters. The molecule has 0 radical (unpaired) electrons. The number of nitrogens with zero attached hydrogens (tertiary/aromatic N) is 3. The van der Waals surface area contributed by atoms with Crippen molar-refractivity contribution in [2.75, 3.05) is 13.1 Å². The molecule has 1 saturated heterocycles. The van der Waals surface area contributed by atoms with Crippen LogP contribution in [-0.4, -0.2) is 33.4 Å². The molecule has 1 amide bonds. The van der Waals surface area contributed by atoms with E-state index in [2.05, 4.69) is 16.5 Å². The molecule has 2 fully saturated rings. The first-order chi connectivity index (χ1) is 12.2. The van der Waals surface area contributed by atoms with Crippen LogP contribution in [0.4, 0.5) is 4.39 Å². The van der Waals surface area contributed by atoms with Gasteiger partial charge < -0.3 is 9.47 Å². The zero-order chi connectivity index (χ0) is 17.4. The summed E-state index contributed by atoms with van der Waals surface area (Å²) in [7, 11) is 0. The third-order valence-electron chi connectivity index (χ3n) is 5.57. The van der Waals surface area contributed by atoms with Gasteiger partial charge in [0, 0.05) is 37.8 Å². The molecule has 2 aromatic rings. The van der Waals surface area contributed by atoms with Crippen molar-refractivity contribution >= 4 is 5.91 Å². The third kappa shape index (κ3) is 3.20. The maximum atomic E-state index is 13.1. The van der Waals surface area contributed by atoms with Crippen LogP contribution in [0.3, 0.4) is 0 Å². The first kappa shape index (κ1) is 16.3. The van der Waals surface area contributed by atoms with E-state index in [-0.39, 0.29) is 23.6 Å². The molecule has 132 valence electrons. The van der Waals surface area contributed by atoms with E-state index < -0.39 is 0 Å². The van der Waals surface area contributed by atoms with Gasteiger partial charge in [-0.3, -0.25) is 4.79 Å². The van der Waals surface area contributed by atoms with Gasteiger partial charge in [-0.25, -0.2) is 9.37 Å². The number of hydrogen-bond donors (Lipinski definition) is 0. The molecule has 1 aliphatic carbocycles. The predicted molar refractivity (Wildman–Crippen MR) is 93.7 cm³/mol. The predicted octanol–water partition coefficient (Wildman–Crippen LogP) is 3.55. The summed E-state index contributed by atoms with van der Waals surface area (Å²) in [4.78, 5) is 19.4. The van der Waals surface area contributed by atoms with Crippen LogP contribution in [0.1, 0.15) is 49.5 Å². The molecule has 4 rings (SSSR count). The van der Waals surface area contributed by atoms with Gasteiger partial charge in [0.25, 0.3) is 0 Å². The van der Waals surface area contributed by atoms with Crippen molar-refractivity contribution in [2.45, 2.75) is 44.6 Å². The van der Waals surface area contributed by atoms with Crippen molar-refractivity contribution in [3.8, 4) is 0 Å². The van der Waals surface area contributed by atoms with Gasteiger partial charge in [0.05, 0.1) is 6.04 Å². The van der Waals surface area contributed by atoms with Crippen molar-refractivity contribution in [1.82, 2.24) is 14.5 Å². The molecule has 0 spiro atoms. The standard InChI is InChI=1S/C20H24FN3O/c1-2-19-22-9-11-24(19)16-4-3-10-23(13-16)20(25)18-12-17(18)14-5-7-15(21)8-6-14/h5-9,11,16-18H,2-4,10,12-13H2,1H3/t16-,17+,18+/m1/s1. The third-order valence-corrected chi connectivity index (χ3v) is 5.57. The molecular weight excluding hydrogens is 317 g/mol. The summed E-state index contributed by atoms with van der Waals surface area (Å²) in [5.74, 6) is 1.45. The highest BCUT2D eigenvalue weighted by molar-refractivity contribution is 5.83. The molecule has 0 N–H and O–H groups in total. The molecule has 25 heavy (non-hydrogen) atoms. The minimum absolute atomic E-state index is 0.0673. The van der Waals surface area contributed by atoms with Gasteiger partial charge in [0.15, 0.2) is 0 Å². The molecule has 1 saturated carbocycles. The van der Waals surface area contributed by atoms with Crippen molar-refractivity contribution in [1.29, 1.82) is 0 Å².